The third-order valence-electron chi connectivity index (χ3n) is 6.84. The SMILES string of the molecule is COc1ccc(Cl)c(CC(=O)N2C[C@H]3[C@@H](C2)OC[C@H]3C(=O)Nc2ccc3c(c2)C(=O)NCCO3)c1F. The van der Waals surface area contributed by atoms with E-state index in [2.05, 4.69) is 10.6 Å². The van der Waals surface area contributed by atoms with Crippen molar-refractivity contribution in [3.8, 4) is 11.5 Å². The second-order valence-electron chi connectivity index (χ2n) is 8.96. The molecule has 2 N–H and O–H groups in total. The molecule has 3 amide bonds. The minimum absolute atomic E-state index is 0.0161. The van der Waals surface area contributed by atoms with E-state index in [1.54, 1.807) is 23.1 Å². The zero-order chi connectivity index (χ0) is 25.4. The highest BCUT2D eigenvalue weighted by Gasteiger charge is 2.48. The molecule has 0 saturated carbocycles. The number of nitrogens with zero attached hydrogens (tertiary/aromatic N) is 1. The molecule has 0 aromatic heterocycles. The van der Waals surface area contributed by atoms with E-state index in [1.165, 1.54) is 19.2 Å². The first kappa shape index (κ1) is 24.3. The molecule has 0 unspecified atom stereocenters. The molecule has 3 atom stereocenters. The van der Waals surface area contributed by atoms with E-state index in [1.807, 2.05) is 0 Å². The Labute approximate surface area is 211 Å². The van der Waals surface area contributed by atoms with E-state index in [4.69, 9.17) is 25.8 Å². The van der Waals surface area contributed by atoms with Gasteiger partial charge in [-0.3, -0.25) is 14.4 Å². The van der Waals surface area contributed by atoms with Gasteiger partial charge in [0, 0.05) is 35.3 Å². The molecule has 11 heteroatoms. The van der Waals surface area contributed by atoms with Gasteiger partial charge in [-0.15, -0.1) is 0 Å². The number of halogens is 2. The van der Waals surface area contributed by atoms with Crippen molar-refractivity contribution in [1.29, 1.82) is 0 Å². The van der Waals surface area contributed by atoms with Gasteiger partial charge in [0.05, 0.1) is 44.3 Å². The number of hydrogen-bond acceptors (Lipinski definition) is 6. The molecule has 2 aromatic rings. The molecular weight excluding hydrogens is 493 g/mol. The lowest BCUT2D eigenvalue weighted by atomic mass is 9.92. The summed E-state index contributed by atoms with van der Waals surface area (Å²) >= 11 is 6.13. The molecule has 3 aliphatic rings. The summed E-state index contributed by atoms with van der Waals surface area (Å²) in [5.41, 5.74) is 0.897. The monoisotopic (exact) mass is 517 g/mol. The lowest BCUT2D eigenvalue weighted by molar-refractivity contribution is -0.131. The average molecular weight is 518 g/mol. The predicted octanol–water partition coefficient (Wildman–Crippen LogP) is 2.26. The Kier molecular flexibility index (Phi) is 6.72. The highest BCUT2D eigenvalue weighted by atomic mass is 35.5. The van der Waals surface area contributed by atoms with Crippen LogP contribution in [0.4, 0.5) is 10.1 Å². The number of methoxy groups -OCH3 is 1. The molecule has 3 aliphatic heterocycles. The van der Waals surface area contributed by atoms with E-state index < -0.39 is 11.7 Å². The highest BCUT2D eigenvalue weighted by Crippen LogP contribution is 2.36. The van der Waals surface area contributed by atoms with Crippen molar-refractivity contribution < 1.29 is 33.0 Å². The van der Waals surface area contributed by atoms with Crippen LogP contribution in [0.3, 0.4) is 0 Å². The first-order chi connectivity index (χ1) is 17.4. The van der Waals surface area contributed by atoms with Crippen LogP contribution in [0.2, 0.25) is 5.02 Å². The summed E-state index contributed by atoms with van der Waals surface area (Å²) in [6.45, 7) is 1.63. The van der Waals surface area contributed by atoms with E-state index in [0.29, 0.717) is 43.2 Å². The predicted molar refractivity (Wildman–Crippen MR) is 128 cm³/mol. The summed E-state index contributed by atoms with van der Waals surface area (Å²) in [5, 5.41) is 5.75. The molecule has 0 spiro atoms. The van der Waals surface area contributed by atoms with E-state index in [0.717, 1.165) is 0 Å². The Balaban J connectivity index is 1.24. The van der Waals surface area contributed by atoms with Gasteiger partial charge in [-0.25, -0.2) is 4.39 Å². The molecule has 2 aromatic carbocycles. The van der Waals surface area contributed by atoms with Gasteiger partial charge >= 0.3 is 0 Å². The Morgan fingerprint density at radius 1 is 1.28 bits per heavy atom. The van der Waals surface area contributed by atoms with Crippen LogP contribution >= 0.6 is 11.6 Å². The molecule has 36 heavy (non-hydrogen) atoms. The fourth-order valence-corrected chi connectivity index (χ4v) is 5.12. The number of likely N-dealkylation sites (tertiary alicyclic amines) is 1. The Morgan fingerprint density at radius 3 is 2.92 bits per heavy atom. The van der Waals surface area contributed by atoms with Crippen molar-refractivity contribution in [2.75, 3.05) is 45.3 Å². The molecule has 2 saturated heterocycles. The minimum Gasteiger partial charge on any atom is -0.494 e. The molecule has 190 valence electrons. The molecular formula is C25H25ClFN3O6. The number of fused-ring (bicyclic) bond motifs is 2. The zero-order valence-electron chi connectivity index (χ0n) is 19.5. The van der Waals surface area contributed by atoms with Crippen molar-refractivity contribution in [2.45, 2.75) is 12.5 Å². The van der Waals surface area contributed by atoms with Gasteiger partial charge in [0.2, 0.25) is 11.8 Å². The second-order valence-corrected chi connectivity index (χ2v) is 9.37. The Bertz CT molecular complexity index is 1220. The maximum absolute atomic E-state index is 14.6. The number of anilines is 1. The molecule has 0 aliphatic carbocycles. The number of ether oxygens (including phenoxy) is 3. The maximum atomic E-state index is 14.6. The summed E-state index contributed by atoms with van der Waals surface area (Å²) in [6, 6.07) is 7.82. The van der Waals surface area contributed by atoms with Gasteiger partial charge in [0.15, 0.2) is 11.6 Å². The Hall–Kier alpha value is -3.37. The average Bonchev–Trinajstić information content (AvgIpc) is 3.40. The smallest absolute Gasteiger partial charge is 0.255 e. The molecule has 3 heterocycles. The summed E-state index contributed by atoms with van der Waals surface area (Å²) in [5.74, 6) is -1.69. The summed E-state index contributed by atoms with van der Waals surface area (Å²) < 4.78 is 31.0. The number of rotatable bonds is 5. The van der Waals surface area contributed by atoms with Gasteiger partial charge in [-0.05, 0) is 30.3 Å². The fraction of sp³-hybridized carbons (Fsp3) is 0.400. The van der Waals surface area contributed by atoms with Crippen LogP contribution in [-0.4, -0.2) is 68.7 Å². The van der Waals surface area contributed by atoms with Crippen molar-refractivity contribution in [3.63, 3.8) is 0 Å². The first-order valence-corrected chi connectivity index (χ1v) is 12.0. The van der Waals surface area contributed by atoms with Crippen LogP contribution in [-0.2, 0) is 20.7 Å². The van der Waals surface area contributed by atoms with Gasteiger partial charge in [-0.1, -0.05) is 11.6 Å². The largest absolute Gasteiger partial charge is 0.494 e. The first-order valence-electron chi connectivity index (χ1n) is 11.6. The number of nitrogens with one attached hydrogen (secondary N) is 2. The molecule has 0 bridgehead atoms. The van der Waals surface area contributed by atoms with Gasteiger partial charge in [-0.2, -0.15) is 0 Å². The number of carbonyl (C=O) groups is 3. The zero-order valence-corrected chi connectivity index (χ0v) is 20.3. The van der Waals surface area contributed by atoms with Crippen LogP contribution in [0.25, 0.3) is 0 Å². The third-order valence-corrected chi connectivity index (χ3v) is 7.19. The van der Waals surface area contributed by atoms with Crippen LogP contribution in [0, 0.1) is 17.7 Å². The topological polar surface area (TPSA) is 106 Å². The molecule has 9 nitrogen and oxygen atoms in total. The summed E-state index contributed by atoms with van der Waals surface area (Å²) in [7, 11) is 1.34. The quantitative estimate of drug-likeness (QED) is 0.630. The van der Waals surface area contributed by atoms with Crippen LogP contribution in [0.1, 0.15) is 15.9 Å². The van der Waals surface area contributed by atoms with Gasteiger partial charge in [0.1, 0.15) is 12.4 Å². The van der Waals surface area contributed by atoms with Crippen molar-refractivity contribution in [3.05, 3.63) is 52.3 Å². The molecule has 0 radical (unpaired) electrons. The molecule has 5 rings (SSSR count). The summed E-state index contributed by atoms with van der Waals surface area (Å²) in [4.78, 5) is 39.9. The number of carbonyl (C=O) groups excluding carboxylic acids is 3. The number of hydrogen-bond donors (Lipinski definition) is 2. The van der Waals surface area contributed by atoms with Crippen LogP contribution in [0.15, 0.2) is 30.3 Å². The molecule has 2 fully saturated rings. The minimum atomic E-state index is -0.661. The third kappa shape index (κ3) is 4.58. The normalized spacial score (nSPS) is 22.7. The number of benzene rings is 2. The van der Waals surface area contributed by atoms with Crippen molar-refractivity contribution >= 4 is 35.0 Å². The number of amides is 3. The maximum Gasteiger partial charge on any atom is 0.255 e. The lowest BCUT2D eigenvalue weighted by Crippen LogP contribution is -2.35. The van der Waals surface area contributed by atoms with Crippen LogP contribution in [0.5, 0.6) is 11.5 Å². The standard InChI is InChI=1S/C25H25ClFN3O6/c1-34-20-5-3-18(26)14(23(20)27)9-22(31)30-10-16-17(12-36-21(16)11-30)25(33)29-13-2-4-19-15(8-13)24(32)28-6-7-35-19/h2-5,8,16-17,21H,6-7,9-12H2,1H3,(H,28,32)(H,29,33)/t16-,17-,21-/m1/s1. The van der Waals surface area contributed by atoms with Crippen molar-refractivity contribution in [1.82, 2.24) is 10.2 Å². The highest BCUT2D eigenvalue weighted by molar-refractivity contribution is 6.31. The van der Waals surface area contributed by atoms with Crippen LogP contribution < -0.4 is 20.1 Å². The van der Waals surface area contributed by atoms with Gasteiger partial charge < -0.3 is 29.7 Å². The van der Waals surface area contributed by atoms with E-state index in [-0.39, 0.29) is 59.1 Å². The Morgan fingerprint density at radius 2 is 2.11 bits per heavy atom. The van der Waals surface area contributed by atoms with Gasteiger partial charge in [0.25, 0.3) is 5.91 Å². The van der Waals surface area contributed by atoms with E-state index >= 15 is 0 Å². The fourth-order valence-electron chi connectivity index (χ4n) is 4.91. The summed E-state index contributed by atoms with van der Waals surface area (Å²) in [6.07, 6.45) is -0.515. The lowest BCUT2D eigenvalue weighted by Gasteiger charge is -2.20. The van der Waals surface area contributed by atoms with Crippen molar-refractivity contribution in [2.24, 2.45) is 11.8 Å². The second kappa shape index (κ2) is 9.94. The van der Waals surface area contributed by atoms with E-state index in [9.17, 15) is 18.8 Å².